The number of hydrogen-bond donors (Lipinski definition) is 0. The first-order chi connectivity index (χ1) is 8.78. The Labute approximate surface area is 106 Å². The van der Waals surface area contributed by atoms with E-state index in [4.69, 9.17) is 9.47 Å². The molecule has 0 spiro atoms. The third kappa shape index (κ3) is 2.01. The Morgan fingerprint density at radius 2 is 2.11 bits per heavy atom. The van der Waals surface area contributed by atoms with Crippen molar-refractivity contribution in [3.8, 4) is 5.75 Å². The van der Waals surface area contributed by atoms with Crippen LogP contribution in [0.1, 0.15) is 36.0 Å². The Hall–Kier alpha value is -1.42. The third-order valence-corrected chi connectivity index (χ3v) is 3.93. The molecule has 2 unspecified atom stereocenters. The number of carbonyl (C=O) groups is 1. The summed E-state index contributed by atoms with van der Waals surface area (Å²) in [6.45, 7) is 0. The normalized spacial score (nSPS) is 30.2. The average molecular weight is 247 g/mol. The Balaban J connectivity index is 1.82. The fraction of sp³-hybridized carbons (Fsp3) is 0.571. The van der Waals surface area contributed by atoms with E-state index < -0.39 is 0 Å². The predicted molar refractivity (Wildman–Crippen MR) is 65.7 cm³/mol. The Morgan fingerprint density at radius 3 is 2.78 bits per heavy atom. The van der Waals surface area contributed by atoms with Crippen molar-refractivity contribution in [3.05, 3.63) is 24.0 Å². The van der Waals surface area contributed by atoms with Gasteiger partial charge in [0, 0.05) is 18.3 Å². The topological polar surface area (TPSA) is 48.4 Å². The molecule has 18 heavy (non-hydrogen) atoms. The van der Waals surface area contributed by atoms with Gasteiger partial charge in [0.1, 0.15) is 5.75 Å². The summed E-state index contributed by atoms with van der Waals surface area (Å²) < 4.78 is 11.0. The maximum atomic E-state index is 12.5. The molecule has 0 amide bonds. The molecule has 2 bridgehead atoms. The van der Waals surface area contributed by atoms with E-state index in [1.807, 2.05) is 0 Å². The maximum Gasteiger partial charge on any atom is 0.171 e. The zero-order valence-electron chi connectivity index (χ0n) is 10.5. The number of ketones is 1. The van der Waals surface area contributed by atoms with Gasteiger partial charge in [0.15, 0.2) is 5.78 Å². The van der Waals surface area contributed by atoms with Crippen LogP contribution in [0.4, 0.5) is 0 Å². The summed E-state index contributed by atoms with van der Waals surface area (Å²) in [4.78, 5) is 16.6. The number of fused-ring (bicyclic) bond motifs is 2. The monoisotopic (exact) mass is 247 g/mol. The van der Waals surface area contributed by atoms with Crippen molar-refractivity contribution in [3.63, 3.8) is 0 Å². The van der Waals surface area contributed by atoms with E-state index in [1.54, 1.807) is 25.6 Å². The lowest BCUT2D eigenvalue weighted by atomic mass is 9.88. The molecule has 96 valence electrons. The lowest BCUT2D eigenvalue weighted by Gasteiger charge is -2.27. The number of ether oxygens (including phenoxy) is 2. The lowest BCUT2D eigenvalue weighted by molar-refractivity contribution is -0.0149. The number of pyridine rings is 1. The third-order valence-electron chi connectivity index (χ3n) is 3.93. The van der Waals surface area contributed by atoms with Crippen molar-refractivity contribution in [2.75, 3.05) is 7.11 Å². The van der Waals surface area contributed by atoms with Gasteiger partial charge in [-0.3, -0.25) is 9.78 Å². The quantitative estimate of drug-likeness (QED) is 0.768. The zero-order valence-corrected chi connectivity index (χ0v) is 10.5. The van der Waals surface area contributed by atoms with Crippen molar-refractivity contribution in [2.24, 2.45) is 5.92 Å². The highest BCUT2D eigenvalue weighted by molar-refractivity contribution is 6.00. The number of rotatable bonds is 3. The number of Topliss-reactive ketones (excluding diaryl/α,β-unsaturated/α-hetero) is 1. The van der Waals surface area contributed by atoms with E-state index in [9.17, 15) is 4.79 Å². The predicted octanol–water partition coefficient (Wildman–Crippen LogP) is 2.23. The smallest absolute Gasteiger partial charge is 0.171 e. The van der Waals surface area contributed by atoms with Crippen LogP contribution in [0.3, 0.4) is 0 Å². The molecule has 1 aromatic rings. The van der Waals surface area contributed by atoms with Crippen LogP contribution in [0.2, 0.25) is 0 Å². The molecule has 4 heteroatoms. The lowest BCUT2D eigenvalue weighted by Crippen LogP contribution is -2.30. The molecule has 0 N–H and O–H groups in total. The molecule has 3 rings (SSSR count). The largest absolute Gasteiger partial charge is 0.496 e. The van der Waals surface area contributed by atoms with E-state index in [0.29, 0.717) is 11.3 Å². The van der Waals surface area contributed by atoms with Gasteiger partial charge in [-0.15, -0.1) is 0 Å². The van der Waals surface area contributed by atoms with Crippen molar-refractivity contribution < 1.29 is 14.3 Å². The van der Waals surface area contributed by atoms with E-state index in [2.05, 4.69) is 4.98 Å². The summed E-state index contributed by atoms with van der Waals surface area (Å²) in [5.74, 6) is 0.836. The molecule has 0 aromatic carbocycles. The van der Waals surface area contributed by atoms with Gasteiger partial charge < -0.3 is 9.47 Å². The van der Waals surface area contributed by atoms with Gasteiger partial charge in [0.2, 0.25) is 0 Å². The minimum Gasteiger partial charge on any atom is -0.496 e. The molecule has 2 fully saturated rings. The molecule has 3 heterocycles. The molecular formula is C14H17NO3. The van der Waals surface area contributed by atoms with Crippen LogP contribution >= 0.6 is 0 Å². The van der Waals surface area contributed by atoms with Gasteiger partial charge in [-0.2, -0.15) is 0 Å². The van der Waals surface area contributed by atoms with Crippen LogP contribution in [0.15, 0.2) is 18.5 Å². The molecule has 4 nitrogen and oxygen atoms in total. The number of hydrogen-bond acceptors (Lipinski definition) is 4. The Morgan fingerprint density at radius 1 is 1.39 bits per heavy atom. The summed E-state index contributed by atoms with van der Waals surface area (Å²) in [5.41, 5.74) is 0.603. The summed E-state index contributed by atoms with van der Waals surface area (Å²) in [7, 11) is 1.58. The van der Waals surface area contributed by atoms with Crippen molar-refractivity contribution in [2.45, 2.75) is 37.9 Å². The molecular weight excluding hydrogens is 230 g/mol. The Bertz CT molecular complexity index is 448. The van der Waals surface area contributed by atoms with Gasteiger partial charge in [-0.1, -0.05) is 0 Å². The van der Waals surface area contributed by atoms with E-state index in [-0.39, 0.29) is 23.9 Å². The molecule has 1 aromatic heterocycles. The first-order valence-corrected chi connectivity index (χ1v) is 6.45. The van der Waals surface area contributed by atoms with E-state index >= 15 is 0 Å². The summed E-state index contributed by atoms with van der Waals surface area (Å²) >= 11 is 0. The number of methoxy groups -OCH3 is 1. The maximum absolute atomic E-state index is 12.5. The molecule has 2 saturated heterocycles. The first-order valence-electron chi connectivity index (χ1n) is 6.45. The second kappa shape index (κ2) is 4.69. The van der Waals surface area contributed by atoms with Crippen LogP contribution in [0.25, 0.3) is 0 Å². The molecule has 2 aliphatic heterocycles. The average Bonchev–Trinajstić information content (AvgIpc) is 2.76. The number of aromatic nitrogens is 1. The van der Waals surface area contributed by atoms with E-state index in [1.165, 1.54) is 0 Å². The summed E-state index contributed by atoms with van der Waals surface area (Å²) in [6.07, 6.45) is 7.68. The van der Waals surface area contributed by atoms with Crippen LogP contribution in [0.5, 0.6) is 5.75 Å². The number of nitrogens with zero attached hydrogens (tertiary/aromatic N) is 1. The minimum absolute atomic E-state index is 0.0642. The van der Waals surface area contributed by atoms with Gasteiger partial charge in [-0.25, -0.2) is 0 Å². The SMILES string of the molecule is COc1ccncc1C(=O)C1CC2CCC(C1)O2. The van der Waals surface area contributed by atoms with Crippen LogP contribution in [-0.4, -0.2) is 30.1 Å². The van der Waals surface area contributed by atoms with Gasteiger partial charge in [0.05, 0.1) is 24.9 Å². The molecule has 0 saturated carbocycles. The molecule has 0 aliphatic carbocycles. The summed E-state index contributed by atoms with van der Waals surface area (Å²) in [5, 5.41) is 0. The number of carbonyl (C=O) groups excluding carboxylic acids is 1. The first kappa shape index (κ1) is 11.7. The summed E-state index contributed by atoms with van der Waals surface area (Å²) in [6, 6.07) is 1.74. The van der Waals surface area contributed by atoms with E-state index in [0.717, 1.165) is 25.7 Å². The van der Waals surface area contributed by atoms with Crippen molar-refractivity contribution in [1.29, 1.82) is 0 Å². The van der Waals surface area contributed by atoms with Crippen LogP contribution in [0, 0.1) is 5.92 Å². The highest BCUT2D eigenvalue weighted by Gasteiger charge is 2.38. The van der Waals surface area contributed by atoms with Gasteiger partial charge >= 0.3 is 0 Å². The highest BCUT2D eigenvalue weighted by atomic mass is 16.5. The Kier molecular flexibility index (Phi) is 3.04. The highest BCUT2D eigenvalue weighted by Crippen LogP contribution is 2.38. The molecule has 2 atom stereocenters. The van der Waals surface area contributed by atoms with Gasteiger partial charge in [-0.05, 0) is 31.7 Å². The van der Waals surface area contributed by atoms with Crippen LogP contribution < -0.4 is 4.74 Å². The van der Waals surface area contributed by atoms with Gasteiger partial charge in [0.25, 0.3) is 0 Å². The molecule has 2 aliphatic rings. The fourth-order valence-electron chi connectivity index (χ4n) is 3.04. The minimum atomic E-state index is 0.0642. The second-order valence-corrected chi connectivity index (χ2v) is 5.07. The fourth-order valence-corrected chi connectivity index (χ4v) is 3.04. The molecule has 0 radical (unpaired) electrons. The standard InChI is InChI=1S/C14H17NO3/c1-17-13-4-5-15-8-12(13)14(16)9-6-10-2-3-11(7-9)18-10/h4-5,8-11H,2-3,6-7H2,1H3. The van der Waals surface area contributed by atoms with Crippen LogP contribution in [-0.2, 0) is 4.74 Å². The van der Waals surface area contributed by atoms with Crippen molar-refractivity contribution in [1.82, 2.24) is 4.98 Å². The second-order valence-electron chi connectivity index (χ2n) is 5.07. The van der Waals surface area contributed by atoms with Crippen molar-refractivity contribution >= 4 is 5.78 Å². The zero-order chi connectivity index (χ0) is 12.5.